The lowest BCUT2D eigenvalue weighted by molar-refractivity contribution is -0.134. The number of pyridine rings is 1. The van der Waals surface area contributed by atoms with Gasteiger partial charge in [-0.2, -0.15) is 0 Å². The van der Waals surface area contributed by atoms with Crippen LogP contribution in [0.4, 0.5) is 0 Å². The van der Waals surface area contributed by atoms with Crippen molar-refractivity contribution in [1.82, 2.24) is 9.88 Å². The number of ether oxygens (including phenoxy) is 2. The van der Waals surface area contributed by atoms with Gasteiger partial charge in [0.2, 0.25) is 11.7 Å². The first-order valence-electron chi connectivity index (χ1n) is 12.0. The van der Waals surface area contributed by atoms with Gasteiger partial charge in [-0.25, -0.2) is 14.6 Å². The quantitative estimate of drug-likeness (QED) is 0.157. The predicted octanol–water partition coefficient (Wildman–Crippen LogP) is 5.38. The number of rotatable bonds is 14. The number of aliphatic carboxylic acids is 2. The van der Waals surface area contributed by atoms with E-state index in [1.807, 2.05) is 35.7 Å². The molecule has 3 aromatic rings. The van der Waals surface area contributed by atoms with Gasteiger partial charge in [0.25, 0.3) is 0 Å². The van der Waals surface area contributed by atoms with Crippen molar-refractivity contribution in [2.45, 2.75) is 25.7 Å². The van der Waals surface area contributed by atoms with Crippen LogP contribution in [0.5, 0.6) is 17.4 Å². The molecule has 0 fully saturated rings. The molecule has 0 aliphatic carbocycles. The maximum atomic E-state index is 12.8. The molecule has 2 N–H and O–H groups in total. The normalized spacial score (nSPS) is 10.6. The third-order valence-electron chi connectivity index (χ3n) is 4.94. The molecule has 2 heterocycles. The van der Waals surface area contributed by atoms with Crippen LogP contribution in [-0.4, -0.2) is 65.1 Å². The highest BCUT2D eigenvalue weighted by atomic mass is 32.1. The first kappa shape index (κ1) is 30.2. The van der Waals surface area contributed by atoms with E-state index in [2.05, 4.69) is 24.0 Å². The first-order valence-corrected chi connectivity index (χ1v) is 12.9. The minimum Gasteiger partial charge on any atom is -0.490 e. The molecule has 1 aromatic carbocycles. The molecule has 0 radical (unpaired) electrons. The highest BCUT2D eigenvalue weighted by molar-refractivity contribution is 7.12. The van der Waals surface area contributed by atoms with Crippen molar-refractivity contribution in [2.75, 3.05) is 27.2 Å². The fourth-order valence-corrected chi connectivity index (χ4v) is 3.83. The highest BCUT2D eigenvalue weighted by Gasteiger charge is 2.18. The van der Waals surface area contributed by atoms with E-state index in [0.29, 0.717) is 40.7 Å². The number of nitrogens with zero attached hydrogens (tertiary/aromatic N) is 2. The molecule has 10 heteroatoms. The number of carboxylic acid groups (broad SMARTS) is 2. The smallest absolute Gasteiger partial charge is 0.328 e. The van der Waals surface area contributed by atoms with E-state index in [1.54, 1.807) is 24.4 Å². The largest absolute Gasteiger partial charge is 0.490 e. The van der Waals surface area contributed by atoms with Gasteiger partial charge in [-0.05, 0) is 69.2 Å². The van der Waals surface area contributed by atoms with Crippen LogP contribution in [0.2, 0.25) is 0 Å². The second-order valence-corrected chi connectivity index (χ2v) is 9.23. The zero-order valence-corrected chi connectivity index (χ0v) is 22.2. The number of unbranched alkanes of at least 4 members (excludes halogenated alkanes) is 3. The van der Waals surface area contributed by atoms with Gasteiger partial charge in [0.1, 0.15) is 0 Å². The summed E-state index contributed by atoms with van der Waals surface area (Å²) in [6.07, 6.45) is 7.27. The summed E-state index contributed by atoms with van der Waals surface area (Å²) in [6.45, 7) is 1.75. The Bertz CT molecular complexity index is 1180. The van der Waals surface area contributed by atoms with Crippen LogP contribution in [0, 0.1) is 0 Å². The predicted molar refractivity (Wildman–Crippen MR) is 145 cm³/mol. The lowest BCUT2D eigenvalue weighted by Crippen LogP contribution is -2.12. The Morgan fingerprint density at radius 1 is 0.895 bits per heavy atom. The molecule has 0 atom stereocenters. The third-order valence-corrected chi connectivity index (χ3v) is 5.81. The summed E-state index contributed by atoms with van der Waals surface area (Å²) < 4.78 is 12.0. The van der Waals surface area contributed by atoms with Crippen molar-refractivity contribution < 1.29 is 34.1 Å². The average molecular weight is 541 g/mol. The number of carboxylic acids is 2. The summed E-state index contributed by atoms with van der Waals surface area (Å²) >= 11 is 1.40. The number of hydrogen-bond acceptors (Lipinski definition) is 8. The van der Waals surface area contributed by atoms with E-state index in [1.165, 1.54) is 24.2 Å². The summed E-state index contributed by atoms with van der Waals surface area (Å²) in [7, 11) is 4.20. The van der Waals surface area contributed by atoms with Gasteiger partial charge >= 0.3 is 11.9 Å². The Kier molecular flexibility index (Phi) is 13.3. The molecule has 0 aliphatic heterocycles. The molecule has 202 valence electrons. The monoisotopic (exact) mass is 540 g/mol. The summed E-state index contributed by atoms with van der Waals surface area (Å²) in [5.41, 5.74) is 0.440. The van der Waals surface area contributed by atoms with Crippen LogP contribution in [0.25, 0.3) is 0 Å². The first-order chi connectivity index (χ1) is 18.3. The van der Waals surface area contributed by atoms with Crippen LogP contribution in [0.3, 0.4) is 0 Å². The van der Waals surface area contributed by atoms with Gasteiger partial charge in [-0.15, -0.1) is 11.3 Å². The van der Waals surface area contributed by atoms with Gasteiger partial charge < -0.3 is 24.6 Å². The van der Waals surface area contributed by atoms with Crippen molar-refractivity contribution in [2.24, 2.45) is 0 Å². The number of ketones is 1. The number of carbonyl (C=O) groups is 3. The van der Waals surface area contributed by atoms with Crippen LogP contribution < -0.4 is 9.47 Å². The van der Waals surface area contributed by atoms with Crippen molar-refractivity contribution >= 4 is 29.1 Å². The maximum absolute atomic E-state index is 12.8. The second-order valence-electron chi connectivity index (χ2n) is 8.29. The molecular formula is C28H32N2O7S. The molecule has 0 spiro atoms. The number of benzene rings is 1. The molecule has 2 aromatic heterocycles. The molecule has 0 amide bonds. The van der Waals surface area contributed by atoms with Gasteiger partial charge in [-0.3, -0.25) is 4.79 Å². The van der Waals surface area contributed by atoms with E-state index < -0.39 is 11.9 Å². The maximum Gasteiger partial charge on any atom is 0.328 e. The van der Waals surface area contributed by atoms with E-state index in [0.717, 1.165) is 19.4 Å². The Labute approximate surface area is 226 Å². The third kappa shape index (κ3) is 11.4. The lowest BCUT2D eigenvalue weighted by atomic mass is 10.1. The van der Waals surface area contributed by atoms with E-state index >= 15 is 0 Å². The number of aromatic nitrogens is 1. The Balaban J connectivity index is 0.000000550. The molecule has 38 heavy (non-hydrogen) atoms. The van der Waals surface area contributed by atoms with E-state index in [-0.39, 0.29) is 11.7 Å². The van der Waals surface area contributed by atoms with Crippen molar-refractivity contribution in [3.63, 3.8) is 0 Å². The van der Waals surface area contributed by atoms with Gasteiger partial charge in [0.05, 0.1) is 17.0 Å². The minimum absolute atomic E-state index is 0.0933. The van der Waals surface area contributed by atoms with Crippen LogP contribution in [-0.2, 0) is 9.59 Å². The van der Waals surface area contributed by atoms with Gasteiger partial charge in [0.15, 0.2) is 11.5 Å². The molecule has 0 bridgehead atoms. The topological polar surface area (TPSA) is 126 Å². The SMILES string of the molecule is CN(C)CCCCCCOc1ccccc1Oc1ncccc1C(=O)c1cccs1.O=C(O)/C=C\C(=O)O. The Hall–Kier alpha value is -4.02. The summed E-state index contributed by atoms with van der Waals surface area (Å²) in [6, 6.07) is 14.7. The molecule has 9 nitrogen and oxygen atoms in total. The summed E-state index contributed by atoms with van der Waals surface area (Å²) in [5.74, 6) is -1.10. The number of thiophene rings is 1. The van der Waals surface area contributed by atoms with Gasteiger partial charge in [0, 0.05) is 18.3 Å². The molecule has 0 saturated heterocycles. The Morgan fingerprint density at radius 2 is 1.58 bits per heavy atom. The average Bonchev–Trinajstić information content (AvgIpc) is 3.43. The van der Waals surface area contributed by atoms with Gasteiger partial charge in [-0.1, -0.05) is 31.0 Å². The highest BCUT2D eigenvalue weighted by Crippen LogP contribution is 2.33. The number of hydrogen-bond donors (Lipinski definition) is 2. The fraction of sp³-hybridized carbons (Fsp3) is 0.286. The summed E-state index contributed by atoms with van der Waals surface area (Å²) in [5, 5.41) is 17.5. The molecule has 0 unspecified atom stereocenters. The lowest BCUT2D eigenvalue weighted by Gasteiger charge is -2.13. The summed E-state index contributed by atoms with van der Waals surface area (Å²) in [4.78, 5) is 39.1. The molecule has 3 rings (SSSR count). The molecule has 0 aliphatic rings. The zero-order chi connectivity index (χ0) is 27.8. The number of para-hydroxylation sites is 2. The van der Waals surface area contributed by atoms with E-state index in [9.17, 15) is 14.4 Å². The van der Waals surface area contributed by atoms with Crippen molar-refractivity contribution in [3.05, 3.63) is 82.7 Å². The Morgan fingerprint density at radius 3 is 2.21 bits per heavy atom. The van der Waals surface area contributed by atoms with Crippen molar-refractivity contribution in [1.29, 1.82) is 0 Å². The molecule has 0 saturated carbocycles. The fourth-order valence-electron chi connectivity index (χ4n) is 3.15. The number of carbonyl (C=O) groups excluding carboxylic acids is 1. The second kappa shape index (κ2) is 16.7. The molecular weight excluding hydrogens is 508 g/mol. The van der Waals surface area contributed by atoms with Crippen LogP contribution in [0.15, 0.2) is 72.3 Å². The minimum atomic E-state index is -1.26. The zero-order valence-electron chi connectivity index (χ0n) is 21.4. The van der Waals surface area contributed by atoms with Crippen LogP contribution in [0.1, 0.15) is 40.9 Å². The van der Waals surface area contributed by atoms with E-state index in [4.69, 9.17) is 19.7 Å². The van der Waals surface area contributed by atoms with Crippen LogP contribution >= 0.6 is 11.3 Å². The van der Waals surface area contributed by atoms with Crippen molar-refractivity contribution in [3.8, 4) is 17.4 Å². The standard InChI is InChI=1S/C24H28N2O3S.C4H4O4/c1-26(2)16-7-3-4-8-17-28-20-12-5-6-13-21(20)29-24-19(11-9-15-25-24)23(27)22-14-10-18-30-22;5-3(6)1-2-4(7)8/h5-6,9-15,18H,3-4,7-8,16-17H2,1-2H3;1-2H,(H,5,6)(H,7,8)/b;2-1-.